The molecule has 0 aliphatic rings. The van der Waals surface area contributed by atoms with Crippen LogP contribution >= 0.6 is 12.4 Å². The molecule has 0 amide bonds. The first-order valence-electron chi connectivity index (χ1n) is 5.89. The summed E-state index contributed by atoms with van der Waals surface area (Å²) in [7, 11) is 0. The zero-order chi connectivity index (χ0) is 12.1. The van der Waals surface area contributed by atoms with Crippen LogP contribution in [0.3, 0.4) is 0 Å². The maximum absolute atomic E-state index is 11.5. The van der Waals surface area contributed by atoms with Gasteiger partial charge in [-0.05, 0) is 13.1 Å². The summed E-state index contributed by atoms with van der Waals surface area (Å²) in [6.07, 6.45) is 0. The van der Waals surface area contributed by atoms with Gasteiger partial charge in [-0.3, -0.25) is 9.69 Å². The van der Waals surface area contributed by atoms with Crippen molar-refractivity contribution >= 4 is 12.4 Å². The number of rotatable bonds is 5. The first-order chi connectivity index (χ1) is 7.56. The van der Waals surface area contributed by atoms with Crippen molar-refractivity contribution in [1.29, 1.82) is 0 Å². The lowest BCUT2D eigenvalue weighted by molar-refractivity contribution is 0.291. The molecule has 0 aliphatic carbocycles. The number of aromatic amines is 1. The van der Waals surface area contributed by atoms with Crippen molar-refractivity contribution in [2.75, 3.05) is 13.1 Å². The summed E-state index contributed by atoms with van der Waals surface area (Å²) in [5, 5.41) is 0. The molecular formula is C12H22ClN3O. The molecule has 17 heavy (non-hydrogen) atoms. The largest absolute Gasteiger partial charge is 0.310 e. The van der Waals surface area contributed by atoms with Crippen molar-refractivity contribution in [2.45, 2.75) is 40.2 Å². The van der Waals surface area contributed by atoms with Crippen LogP contribution in [-0.4, -0.2) is 28.0 Å². The third-order valence-corrected chi connectivity index (χ3v) is 2.64. The van der Waals surface area contributed by atoms with Crippen LogP contribution in [0, 0.1) is 0 Å². The van der Waals surface area contributed by atoms with E-state index in [1.165, 1.54) is 0 Å². The van der Waals surface area contributed by atoms with Gasteiger partial charge in [0.05, 0.1) is 5.69 Å². The number of hydrogen-bond donors (Lipinski definition) is 1. The number of aromatic nitrogens is 2. The Hall–Kier alpha value is -0.870. The first-order valence-corrected chi connectivity index (χ1v) is 5.89. The van der Waals surface area contributed by atoms with E-state index in [2.05, 4.69) is 28.7 Å². The molecule has 1 heterocycles. The highest BCUT2D eigenvalue weighted by atomic mass is 35.5. The van der Waals surface area contributed by atoms with Crippen molar-refractivity contribution < 1.29 is 0 Å². The molecule has 0 spiro atoms. The maximum Gasteiger partial charge on any atom is 0.251 e. The molecule has 98 valence electrons. The standard InChI is InChI=1S/C12H21N3O.ClH/c1-5-15(6-2)8-10-7-11(16)14-12(13-10)9(3)4;/h7,9H,5-6,8H2,1-4H3,(H,13,14,16);1H. The van der Waals surface area contributed by atoms with Crippen LogP contribution in [-0.2, 0) is 6.54 Å². The van der Waals surface area contributed by atoms with Crippen LogP contribution in [0.1, 0.15) is 45.1 Å². The van der Waals surface area contributed by atoms with Crippen molar-refractivity contribution in [2.24, 2.45) is 0 Å². The molecule has 0 saturated carbocycles. The van der Waals surface area contributed by atoms with Crippen LogP contribution in [0.5, 0.6) is 0 Å². The van der Waals surface area contributed by atoms with Gasteiger partial charge in [-0.2, -0.15) is 0 Å². The molecule has 1 aromatic heterocycles. The Kier molecular flexibility index (Phi) is 7.07. The molecule has 0 bridgehead atoms. The smallest absolute Gasteiger partial charge is 0.251 e. The molecule has 1 aromatic rings. The second-order valence-corrected chi connectivity index (χ2v) is 4.24. The molecule has 0 saturated heterocycles. The summed E-state index contributed by atoms with van der Waals surface area (Å²) < 4.78 is 0. The van der Waals surface area contributed by atoms with Crippen molar-refractivity contribution in [3.05, 3.63) is 27.9 Å². The second-order valence-electron chi connectivity index (χ2n) is 4.24. The minimum atomic E-state index is -0.0548. The average Bonchev–Trinajstić information content (AvgIpc) is 2.25. The lowest BCUT2D eigenvalue weighted by Gasteiger charge is -2.17. The number of halogens is 1. The Morgan fingerprint density at radius 2 is 1.94 bits per heavy atom. The van der Waals surface area contributed by atoms with Gasteiger partial charge in [0.2, 0.25) is 0 Å². The number of nitrogens with one attached hydrogen (secondary N) is 1. The van der Waals surface area contributed by atoms with Crippen LogP contribution in [0.25, 0.3) is 0 Å². The fourth-order valence-electron chi connectivity index (χ4n) is 1.56. The number of nitrogens with zero attached hydrogens (tertiary/aromatic N) is 2. The zero-order valence-corrected chi connectivity index (χ0v) is 11.8. The molecule has 0 unspecified atom stereocenters. The van der Waals surface area contributed by atoms with E-state index in [1.807, 2.05) is 13.8 Å². The molecule has 0 radical (unpaired) electrons. The monoisotopic (exact) mass is 259 g/mol. The molecule has 0 aliphatic heterocycles. The molecular weight excluding hydrogens is 238 g/mol. The zero-order valence-electron chi connectivity index (χ0n) is 11.0. The van der Waals surface area contributed by atoms with Gasteiger partial charge in [0.15, 0.2) is 0 Å². The molecule has 0 fully saturated rings. The predicted molar refractivity (Wildman–Crippen MR) is 72.8 cm³/mol. The second kappa shape index (κ2) is 7.45. The van der Waals surface area contributed by atoms with E-state index in [0.717, 1.165) is 31.2 Å². The van der Waals surface area contributed by atoms with Gasteiger partial charge in [-0.15, -0.1) is 12.4 Å². The molecule has 0 atom stereocenters. The Balaban J connectivity index is 0.00000256. The molecule has 1 rings (SSSR count). The van der Waals surface area contributed by atoms with E-state index in [0.29, 0.717) is 0 Å². The minimum Gasteiger partial charge on any atom is -0.310 e. The van der Waals surface area contributed by atoms with Gasteiger partial charge in [0, 0.05) is 18.5 Å². The van der Waals surface area contributed by atoms with Crippen LogP contribution < -0.4 is 5.56 Å². The van der Waals surface area contributed by atoms with Crippen LogP contribution in [0.2, 0.25) is 0 Å². The van der Waals surface area contributed by atoms with E-state index < -0.39 is 0 Å². The van der Waals surface area contributed by atoms with Gasteiger partial charge in [0.25, 0.3) is 5.56 Å². The Morgan fingerprint density at radius 1 is 1.35 bits per heavy atom. The summed E-state index contributed by atoms with van der Waals surface area (Å²) in [5.41, 5.74) is 0.803. The van der Waals surface area contributed by atoms with Crippen molar-refractivity contribution in [1.82, 2.24) is 14.9 Å². The van der Waals surface area contributed by atoms with E-state index in [9.17, 15) is 4.79 Å². The highest BCUT2D eigenvalue weighted by Crippen LogP contribution is 2.07. The average molecular weight is 260 g/mol. The summed E-state index contributed by atoms with van der Waals surface area (Å²) in [5.74, 6) is 1.03. The van der Waals surface area contributed by atoms with Gasteiger partial charge in [-0.25, -0.2) is 4.98 Å². The van der Waals surface area contributed by atoms with Crippen LogP contribution in [0.4, 0.5) is 0 Å². The molecule has 5 heteroatoms. The summed E-state index contributed by atoms with van der Waals surface area (Å²) in [6, 6.07) is 1.59. The normalized spacial score (nSPS) is 10.7. The molecule has 1 N–H and O–H groups in total. The highest BCUT2D eigenvalue weighted by molar-refractivity contribution is 5.85. The predicted octanol–water partition coefficient (Wildman–Crippen LogP) is 2.16. The van der Waals surface area contributed by atoms with Crippen molar-refractivity contribution in [3.63, 3.8) is 0 Å². The third kappa shape index (κ3) is 4.88. The topological polar surface area (TPSA) is 49.0 Å². The maximum atomic E-state index is 11.5. The SMILES string of the molecule is CCN(CC)Cc1cc(=O)[nH]c(C(C)C)n1.Cl. The van der Waals surface area contributed by atoms with Gasteiger partial charge in [0.1, 0.15) is 5.82 Å². The van der Waals surface area contributed by atoms with Gasteiger partial charge in [-0.1, -0.05) is 27.7 Å². The fourth-order valence-corrected chi connectivity index (χ4v) is 1.56. The quantitative estimate of drug-likeness (QED) is 0.882. The van der Waals surface area contributed by atoms with E-state index in [1.54, 1.807) is 6.07 Å². The lowest BCUT2D eigenvalue weighted by Crippen LogP contribution is -2.24. The molecule has 0 aromatic carbocycles. The summed E-state index contributed by atoms with van der Waals surface area (Å²) in [6.45, 7) is 11.0. The van der Waals surface area contributed by atoms with E-state index in [-0.39, 0.29) is 23.9 Å². The number of H-pyrrole nitrogens is 1. The van der Waals surface area contributed by atoms with Crippen molar-refractivity contribution in [3.8, 4) is 0 Å². The highest BCUT2D eigenvalue weighted by Gasteiger charge is 2.07. The van der Waals surface area contributed by atoms with E-state index in [4.69, 9.17) is 0 Å². The minimum absolute atomic E-state index is 0. The number of hydrogen-bond acceptors (Lipinski definition) is 3. The van der Waals surface area contributed by atoms with Gasteiger partial charge < -0.3 is 4.98 Å². The first kappa shape index (κ1) is 16.1. The van der Waals surface area contributed by atoms with Gasteiger partial charge >= 0.3 is 0 Å². The molecule has 4 nitrogen and oxygen atoms in total. The Bertz CT molecular complexity index is 386. The summed E-state index contributed by atoms with van der Waals surface area (Å²) in [4.78, 5) is 20.9. The Morgan fingerprint density at radius 3 is 2.41 bits per heavy atom. The third-order valence-electron chi connectivity index (χ3n) is 2.64. The Labute approximate surface area is 109 Å². The lowest BCUT2D eigenvalue weighted by atomic mass is 10.2. The fraction of sp³-hybridized carbons (Fsp3) is 0.667. The van der Waals surface area contributed by atoms with E-state index >= 15 is 0 Å². The van der Waals surface area contributed by atoms with Crippen LogP contribution in [0.15, 0.2) is 10.9 Å². The summed E-state index contributed by atoms with van der Waals surface area (Å²) >= 11 is 0.